The van der Waals surface area contributed by atoms with E-state index in [-0.39, 0.29) is 23.4 Å². The van der Waals surface area contributed by atoms with Crippen molar-refractivity contribution in [3.05, 3.63) is 89.0 Å². The van der Waals surface area contributed by atoms with Gasteiger partial charge in [0.25, 0.3) is 11.8 Å². The molecular formula is C25H21ClF2N6O2. The molecule has 2 amide bonds. The van der Waals surface area contributed by atoms with E-state index < -0.39 is 12.5 Å². The van der Waals surface area contributed by atoms with Gasteiger partial charge in [0.2, 0.25) is 0 Å². The van der Waals surface area contributed by atoms with E-state index in [4.69, 9.17) is 11.6 Å². The number of halogens is 3. The Morgan fingerprint density at radius 3 is 2.61 bits per heavy atom. The van der Waals surface area contributed by atoms with E-state index in [0.29, 0.717) is 45.8 Å². The van der Waals surface area contributed by atoms with Crippen molar-refractivity contribution in [1.82, 2.24) is 30.0 Å². The van der Waals surface area contributed by atoms with Crippen molar-refractivity contribution >= 4 is 34.4 Å². The van der Waals surface area contributed by atoms with Gasteiger partial charge in [0, 0.05) is 49.2 Å². The number of nitrogens with one attached hydrogen (secondary N) is 1. The number of benzene rings is 2. The molecule has 36 heavy (non-hydrogen) atoms. The maximum absolute atomic E-state index is 13.4. The molecule has 1 fully saturated rings. The van der Waals surface area contributed by atoms with Gasteiger partial charge in [-0.1, -0.05) is 41.9 Å². The summed E-state index contributed by atoms with van der Waals surface area (Å²) in [5.41, 5.74) is 2.45. The summed E-state index contributed by atoms with van der Waals surface area (Å²) in [4.78, 5) is 36.4. The minimum atomic E-state index is -2.83. The highest BCUT2D eigenvalue weighted by Crippen LogP contribution is 2.30. The number of fused-ring (bicyclic) bond motifs is 1. The van der Waals surface area contributed by atoms with Gasteiger partial charge in [-0.3, -0.25) is 19.6 Å². The first-order chi connectivity index (χ1) is 17.4. The first-order valence-corrected chi connectivity index (χ1v) is 11.7. The van der Waals surface area contributed by atoms with Crippen molar-refractivity contribution in [3.63, 3.8) is 0 Å². The zero-order valence-corrected chi connectivity index (χ0v) is 19.6. The lowest BCUT2D eigenvalue weighted by molar-refractivity contribution is 0.0565. The van der Waals surface area contributed by atoms with Crippen LogP contribution in [0.1, 0.15) is 45.2 Å². The summed E-state index contributed by atoms with van der Waals surface area (Å²) in [7, 11) is 0. The fourth-order valence-electron chi connectivity index (χ4n) is 4.50. The van der Waals surface area contributed by atoms with E-state index in [1.165, 1.54) is 12.4 Å². The molecule has 1 aliphatic heterocycles. The van der Waals surface area contributed by atoms with Crippen molar-refractivity contribution in [1.29, 1.82) is 0 Å². The predicted octanol–water partition coefficient (Wildman–Crippen LogP) is 4.30. The van der Waals surface area contributed by atoms with Crippen LogP contribution in [0.25, 0.3) is 11.0 Å². The Bertz CT molecular complexity index is 1410. The van der Waals surface area contributed by atoms with Crippen LogP contribution in [0.4, 0.5) is 8.78 Å². The van der Waals surface area contributed by atoms with Crippen LogP contribution >= 0.6 is 11.6 Å². The third-order valence-electron chi connectivity index (χ3n) is 6.28. The molecule has 0 saturated carbocycles. The van der Waals surface area contributed by atoms with Crippen molar-refractivity contribution in [2.24, 2.45) is 0 Å². The van der Waals surface area contributed by atoms with E-state index in [9.17, 15) is 18.4 Å². The van der Waals surface area contributed by atoms with Gasteiger partial charge in [0.1, 0.15) is 5.52 Å². The second-order valence-electron chi connectivity index (χ2n) is 8.51. The number of amides is 2. The standard InChI is InChI=1S/C25H21ClF2N6O2/c26-19-10-16(11-21-22(19)30-8-7-29-21)24(36)33-9-6-20(18(14-33)15-4-2-1-3-5-15)32-23(35)17-12-31-34(13-17)25(27)28/h1-5,7-8,10-13,18,20,25H,6,9,14H2,(H,32,35)/t18-,20-/m1/s1. The van der Waals surface area contributed by atoms with Crippen LogP contribution in [0.2, 0.25) is 5.02 Å². The number of likely N-dealkylation sites (tertiary alicyclic amines) is 1. The number of piperidine rings is 1. The maximum atomic E-state index is 13.4. The number of hydrogen-bond donors (Lipinski definition) is 1. The fraction of sp³-hybridized carbons (Fsp3) is 0.240. The van der Waals surface area contributed by atoms with Crippen LogP contribution in [-0.4, -0.2) is 55.6 Å². The largest absolute Gasteiger partial charge is 0.348 e. The molecule has 184 valence electrons. The highest BCUT2D eigenvalue weighted by Gasteiger charge is 2.34. The molecule has 2 aromatic heterocycles. The summed E-state index contributed by atoms with van der Waals surface area (Å²) in [6, 6.07) is 12.5. The van der Waals surface area contributed by atoms with Crippen LogP contribution < -0.4 is 5.32 Å². The van der Waals surface area contributed by atoms with Crippen molar-refractivity contribution in [2.45, 2.75) is 24.9 Å². The zero-order valence-electron chi connectivity index (χ0n) is 18.9. The highest BCUT2D eigenvalue weighted by atomic mass is 35.5. The molecule has 2 aromatic carbocycles. The van der Waals surface area contributed by atoms with Gasteiger partial charge in [-0.05, 0) is 24.1 Å². The molecule has 8 nitrogen and oxygen atoms in total. The monoisotopic (exact) mass is 510 g/mol. The van der Waals surface area contributed by atoms with Crippen LogP contribution in [0.3, 0.4) is 0 Å². The SMILES string of the molecule is O=C(N[C@@H]1CCN(C(=O)c2cc(Cl)c3nccnc3c2)C[C@@H]1c1ccccc1)c1cnn(C(F)F)c1. The Kier molecular flexibility index (Phi) is 6.60. The van der Waals surface area contributed by atoms with Gasteiger partial charge < -0.3 is 10.2 Å². The zero-order chi connectivity index (χ0) is 25.2. The lowest BCUT2D eigenvalue weighted by Crippen LogP contribution is -2.51. The molecule has 0 aliphatic carbocycles. The molecule has 1 N–H and O–H groups in total. The topological polar surface area (TPSA) is 93.0 Å². The molecule has 0 bridgehead atoms. The van der Waals surface area contributed by atoms with Crippen molar-refractivity contribution < 1.29 is 18.4 Å². The summed E-state index contributed by atoms with van der Waals surface area (Å²) < 4.78 is 26.2. The maximum Gasteiger partial charge on any atom is 0.333 e. The van der Waals surface area contributed by atoms with E-state index in [2.05, 4.69) is 20.4 Å². The molecule has 0 unspecified atom stereocenters. The van der Waals surface area contributed by atoms with Crippen molar-refractivity contribution in [3.8, 4) is 0 Å². The van der Waals surface area contributed by atoms with E-state index in [1.54, 1.807) is 17.0 Å². The van der Waals surface area contributed by atoms with Gasteiger partial charge in [-0.2, -0.15) is 13.9 Å². The van der Waals surface area contributed by atoms with Crippen molar-refractivity contribution in [2.75, 3.05) is 13.1 Å². The Morgan fingerprint density at radius 1 is 1.08 bits per heavy atom. The molecule has 11 heteroatoms. The molecule has 4 aromatic rings. The van der Waals surface area contributed by atoms with E-state index in [0.717, 1.165) is 18.0 Å². The Labute approximate surface area is 209 Å². The Balaban J connectivity index is 1.38. The lowest BCUT2D eigenvalue weighted by Gasteiger charge is -2.39. The summed E-state index contributed by atoms with van der Waals surface area (Å²) in [6.07, 6.45) is 5.68. The number of alkyl halides is 2. The lowest BCUT2D eigenvalue weighted by atomic mass is 9.85. The average Bonchev–Trinajstić information content (AvgIpc) is 3.40. The summed E-state index contributed by atoms with van der Waals surface area (Å²) >= 11 is 6.36. The minimum Gasteiger partial charge on any atom is -0.348 e. The second-order valence-corrected chi connectivity index (χ2v) is 8.91. The van der Waals surface area contributed by atoms with E-state index >= 15 is 0 Å². The molecule has 2 atom stereocenters. The van der Waals surface area contributed by atoms with Crippen LogP contribution in [-0.2, 0) is 0 Å². The fourth-order valence-corrected chi connectivity index (χ4v) is 4.76. The minimum absolute atomic E-state index is 0.0486. The number of nitrogens with zero attached hydrogens (tertiary/aromatic N) is 5. The number of rotatable bonds is 5. The Morgan fingerprint density at radius 2 is 1.86 bits per heavy atom. The summed E-state index contributed by atoms with van der Waals surface area (Å²) in [5.74, 6) is -0.908. The number of carbonyl (C=O) groups excluding carboxylic acids is 2. The molecule has 1 saturated heterocycles. The first-order valence-electron chi connectivity index (χ1n) is 11.3. The van der Waals surface area contributed by atoms with Crippen LogP contribution in [0, 0.1) is 0 Å². The van der Waals surface area contributed by atoms with Crippen LogP contribution in [0.15, 0.2) is 67.3 Å². The number of carbonyl (C=O) groups is 2. The molecular weight excluding hydrogens is 490 g/mol. The molecule has 1 aliphatic rings. The third kappa shape index (κ3) is 4.76. The Hall–Kier alpha value is -3.92. The quantitative estimate of drug-likeness (QED) is 0.432. The molecule has 0 spiro atoms. The second kappa shape index (κ2) is 9.98. The number of hydrogen-bond acceptors (Lipinski definition) is 5. The smallest absolute Gasteiger partial charge is 0.333 e. The molecule has 3 heterocycles. The van der Waals surface area contributed by atoms with Gasteiger partial charge in [-0.25, -0.2) is 4.68 Å². The average molecular weight is 511 g/mol. The molecule has 0 radical (unpaired) electrons. The first kappa shape index (κ1) is 23.8. The molecule has 5 rings (SSSR count). The summed E-state index contributed by atoms with van der Waals surface area (Å²) in [6.45, 7) is -2.09. The van der Waals surface area contributed by atoms with Gasteiger partial charge in [0.05, 0.1) is 22.3 Å². The van der Waals surface area contributed by atoms with Gasteiger partial charge >= 0.3 is 6.55 Å². The van der Waals surface area contributed by atoms with Crippen LogP contribution in [0.5, 0.6) is 0 Å². The van der Waals surface area contributed by atoms with E-state index in [1.807, 2.05) is 30.3 Å². The van der Waals surface area contributed by atoms with Gasteiger partial charge in [-0.15, -0.1) is 0 Å². The summed E-state index contributed by atoms with van der Waals surface area (Å²) in [5, 5.41) is 6.83. The number of aromatic nitrogens is 4. The third-order valence-corrected chi connectivity index (χ3v) is 6.57. The van der Waals surface area contributed by atoms with Gasteiger partial charge in [0.15, 0.2) is 0 Å². The highest BCUT2D eigenvalue weighted by molar-refractivity contribution is 6.35. The normalized spacial score (nSPS) is 17.9. The predicted molar refractivity (Wildman–Crippen MR) is 129 cm³/mol.